The summed E-state index contributed by atoms with van der Waals surface area (Å²) >= 11 is 11.6. The number of amides is 1. The Bertz CT molecular complexity index is 762. The average Bonchev–Trinajstić information content (AvgIpc) is 2.75. The average molecular weight is 390 g/mol. The van der Waals surface area contributed by atoms with Crippen LogP contribution in [0.2, 0.25) is 5.02 Å². The van der Waals surface area contributed by atoms with E-state index < -0.39 is 36.1 Å². The summed E-state index contributed by atoms with van der Waals surface area (Å²) in [6.45, 7) is 0. The Kier molecular flexibility index (Phi) is 5.58. The number of carbonyl (C=O) groups excluding carboxylic acids is 1. The van der Waals surface area contributed by atoms with E-state index >= 15 is 0 Å². The third-order valence-electron chi connectivity index (χ3n) is 3.06. The molecule has 1 heterocycles. The molecule has 1 atom stereocenters. The summed E-state index contributed by atoms with van der Waals surface area (Å²) in [5, 5.41) is 18.0. The molecule has 0 aliphatic carbocycles. The molecule has 1 saturated heterocycles. The second-order valence-electron chi connectivity index (χ2n) is 4.64. The maximum Gasteiger partial charge on any atom is 0.327 e. The number of carboxylic acids is 2. The van der Waals surface area contributed by atoms with Crippen molar-refractivity contribution in [1.82, 2.24) is 4.90 Å². The Balaban J connectivity index is 2.39. The van der Waals surface area contributed by atoms with E-state index in [-0.39, 0.29) is 19.8 Å². The quantitative estimate of drug-likeness (QED) is 0.590. The second kappa shape index (κ2) is 7.29. The first-order chi connectivity index (χ1) is 11.2. The summed E-state index contributed by atoms with van der Waals surface area (Å²) in [5.41, 5.74) is -0.0372. The van der Waals surface area contributed by atoms with Crippen molar-refractivity contribution in [2.45, 2.75) is 12.5 Å². The molecule has 1 fully saturated rings. The van der Waals surface area contributed by atoms with Crippen LogP contribution in [0.4, 0.5) is 4.39 Å². The van der Waals surface area contributed by atoms with Gasteiger partial charge in [-0.1, -0.05) is 41.6 Å². The summed E-state index contributed by atoms with van der Waals surface area (Å²) < 4.78 is 13.7. The van der Waals surface area contributed by atoms with Crippen molar-refractivity contribution in [3.8, 4) is 0 Å². The van der Waals surface area contributed by atoms with Gasteiger partial charge in [-0.05, 0) is 18.2 Å². The Morgan fingerprint density at radius 1 is 1.42 bits per heavy atom. The van der Waals surface area contributed by atoms with Gasteiger partial charge in [0.1, 0.15) is 16.2 Å². The van der Waals surface area contributed by atoms with Crippen LogP contribution in [0.15, 0.2) is 23.1 Å². The number of rotatable bonds is 5. The molecule has 2 rings (SSSR count). The molecular weight excluding hydrogens is 381 g/mol. The zero-order chi connectivity index (χ0) is 18.0. The Morgan fingerprint density at radius 2 is 2.08 bits per heavy atom. The van der Waals surface area contributed by atoms with Crippen LogP contribution in [0, 0.1) is 5.82 Å². The molecule has 24 heavy (non-hydrogen) atoms. The SMILES string of the molecule is O=C(O)CC(C(=O)O)N1C(=O)C(=Cc2c(F)cccc2Cl)SC1=S. The number of halogens is 2. The number of hydrogen-bond donors (Lipinski definition) is 2. The van der Waals surface area contributed by atoms with Crippen molar-refractivity contribution in [3.05, 3.63) is 39.5 Å². The van der Waals surface area contributed by atoms with E-state index in [2.05, 4.69) is 0 Å². The fourth-order valence-corrected chi connectivity index (χ4v) is 3.54. The van der Waals surface area contributed by atoms with Gasteiger partial charge in [0.15, 0.2) is 0 Å². The van der Waals surface area contributed by atoms with E-state index in [0.717, 1.165) is 23.9 Å². The summed E-state index contributed by atoms with van der Waals surface area (Å²) in [6.07, 6.45) is 0.353. The topological polar surface area (TPSA) is 94.9 Å². The number of carbonyl (C=O) groups is 3. The lowest BCUT2D eigenvalue weighted by Gasteiger charge is -2.21. The van der Waals surface area contributed by atoms with Crippen LogP contribution in [-0.4, -0.2) is 43.3 Å². The number of thioether (sulfide) groups is 1. The lowest BCUT2D eigenvalue weighted by molar-refractivity contribution is -0.150. The highest BCUT2D eigenvalue weighted by molar-refractivity contribution is 8.26. The highest BCUT2D eigenvalue weighted by Gasteiger charge is 2.41. The largest absolute Gasteiger partial charge is 0.481 e. The van der Waals surface area contributed by atoms with Crippen LogP contribution in [0.5, 0.6) is 0 Å². The zero-order valence-corrected chi connectivity index (χ0v) is 14.1. The smallest absolute Gasteiger partial charge is 0.327 e. The fraction of sp³-hybridized carbons (Fsp3) is 0.143. The highest BCUT2D eigenvalue weighted by Crippen LogP contribution is 2.36. The molecule has 1 aliphatic heterocycles. The van der Waals surface area contributed by atoms with Crippen molar-refractivity contribution >= 4 is 63.8 Å². The molecule has 1 unspecified atom stereocenters. The molecule has 10 heteroatoms. The molecular formula is C14H9ClFNO5S2. The van der Waals surface area contributed by atoms with Crippen molar-refractivity contribution < 1.29 is 29.0 Å². The first-order valence-electron chi connectivity index (χ1n) is 6.38. The minimum absolute atomic E-state index is 0.0372. The Labute approximate surface area is 149 Å². The maximum atomic E-state index is 13.8. The molecule has 2 N–H and O–H groups in total. The number of aliphatic carboxylic acids is 2. The molecule has 0 spiro atoms. The number of nitrogens with zero attached hydrogens (tertiary/aromatic N) is 1. The third kappa shape index (κ3) is 3.74. The lowest BCUT2D eigenvalue weighted by atomic mass is 10.1. The standard InChI is InChI=1S/C14H9ClFNO5S2/c15-7-2-1-3-8(16)6(7)4-10-12(20)17(14(23)24-10)9(13(21)22)5-11(18)19/h1-4,9H,5H2,(H,18,19)(H,21,22). The van der Waals surface area contributed by atoms with Gasteiger partial charge in [0.2, 0.25) is 0 Å². The van der Waals surface area contributed by atoms with Crippen LogP contribution in [0.25, 0.3) is 6.08 Å². The van der Waals surface area contributed by atoms with Gasteiger partial charge in [-0.3, -0.25) is 14.5 Å². The van der Waals surface area contributed by atoms with Gasteiger partial charge in [0.25, 0.3) is 5.91 Å². The van der Waals surface area contributed by atoms with E-state index in [9.17, 15) is 18.8 Å². The van der Waals surface area contributed by atoms with Gasteiger partial charge < -0.3 is 10.2 Å². The summed E-state index contributed by atoms with van der Waals surface area (Å²) in [5.74, 6) is -4.36. The molecule has 1 aromatic rings. The molecule has 0 bridgehead atoms. The van der Waals surface area contributed by atoms with Crippen LogP contribution >= 0.6 is 35.6 Å². The Hall–Kier alpha value is -1.97. The third-order valence-corrected chi connectivity index (χ3v) is 4.72. The molecule has 0 radical (unpaired) electrons. The molecule has 0 aromatic heterocycles. The molecule has 1 aliphatic rings. The van der Waals surface area contributed by atoms with Crippen molar-refractivity contribution in [3.63, 3.8) is 0 Å². The maximum absolute atomic E-state index is 13.8. The number of thiocarbonyl (C=S) groups is 1. The molecule has 126 valence electrons. The van der Waals surface area contributed by atoms with E-state index in [0.29, 0.717) is 4.90 Å². The van der Waals surface area contributed by atoms with Gasteiger partial charge >= 0.3 is 11.9 Å². The van der Waals surface area contributed by atoms with E-state index in [1.165, 1.54) is 12.1 Å². The van der Waals surface area contributed by atoms with E-state index in [1.54, 1.807) is 0 Å². The Morgan fingerprint density at radius 3 is 2.62 bits per heavy atom. The predicted molar refractivity (Wildman–Crippen MR) is 90.1 cm³/mol. The van der Waals surface area contributed by atoms with Crippen molar-refractivity contribution in [1.29, 1.82) is 0 Å². The predicted octanol–water partition coefficient (Wildman–Crippen LogP) is 2.61. The molecule has 0 saturated carbocycles. The summed E-state index contributed by atoms with van der Waals surface area (Å²) in [4.78, 5) is 35.1. The van der Waals surface area contributed by atoms with Gasteiger partial charge in [0.05, 0.1) is 16.3 Å². The fourth-order valence-electron chi connectivity index (χ4n) is 1.98. The van der Waals surface area contributed by atoms with Crippen LogP contribution in [0.3, 0.4) is 0 Å². The normalized spacial score (nSPS) is 17.4. The van der Waals surface area contributed by atoms with Gasteiger partial charge in [-0.25, -0.2) is 9.18 Å². The minimum atomic E-state index is -1.64. The lowest BCUT2D eigenvalue weighted by Crippen LogP contribution is -2.45. The van der Waals surface area contributed by atoms with Crippen molar-refractivity contribution in [2.24, 2.45) is 0 Å². The van der Waals surface area contributed by atoms with Crippen LogP contribution in [0.1, 0.15) is 12.0 Å². The number of benzene rings is 1. The molecule has 1 amide bonds. The van der Waals surface area contributed by atoms with Crippen LogP contribution < -0.4 is 0 Å². The highest BCUT2D eigenvalue weighted by atomic mass is 35.5. The summed E-state index contributed by atoms with van der Waals surface area (Å²) in [6, 6.07) is 2.34. The minimum Gasteiger partial charge on any atom is -0.481 e. The first kappa shape index (κ1) is 18.4. The van der Waals surface area contributed by atoms with E-state index in [1.807, 2.05) is 0 Å². The van der Waals surface area contributed by atoms with Gasteiger partial charge in [-0.2, -0.15) is 0 Å². The van der Waals surface area contributed by atoms with Gasteiger partial charge in [-0.15, -0.1) is 0 Å². The number of hydrogen-bond acceptors (Lipinski definition) is 5. The summed E-state index contributed by atoms with van der Waals surface area (Å²) in [7, 11) is 0. The molecule has 1 aromatic carbocycles. The van der Waals surface area contributed by atoms with Crippen LogP contribution in [-0.2, 0) is 14.4 Å². The monoisotopic (exact) mass is 389 g/mol. The second-order valence-corrected chi connectivity index (χ2v) is 6.72. The van der Waals surface area contributed by atoms with Gasteiger partial charge in [0, 0.05) is 5.56 Å². The van der Waals surface area contributed by atoms with Crippen molar-refractivity contribution in [2.75, 3.05) is 0 Å². The number of carboxylic acid groups (broad SMARTS) is 2. The molecule has 6 nitrogen and oxygen atoms in total. The zero-order valence-electron chi connectivity index (χ0n) is 11.7. The first-order valence-corrected chi connectivity index (χ1v) is 7.98. The van der Waals surface area contributed by atoms with E-state index in [4.69, 9.17) is 34.0 Å².